The monoisotopic (exact) mass is 233 g/mol. The molecule has 1 fully saturated rings. The van der Waals surface area contributed by atoms with Crippen LogP contribution in [0.4, 0.5) is 0 Å². The molecule has 2 aliphatic carbocycles. The minimum Gasteiger partial charge on any atom is -0.309 e. The fourth-order valence-corrected chi connectivity index (χ4v) is 3.88. The molecule has 1 aromatic rings. The highest BCUT2D eigenvalue weighted by Gasteiger charge is 2.38. The van der Waals surface area contributed by atoms with Crippen LogP contribution in [-0.2, 0) is 6.54 Å². The summed E-state index contributed by atoms with van der Waals surface area (Å²) in [5, 5.41) is 5.84. The lowest BCUT2D eigenvalue weighted by molar-refractivity contribution is 0.327. The van der Waals surface area contributed by atoms with Gasteiger partial charge in [0.1, 0.15) is 0 Å². The number of thiophene rings is 1. The molecule has 4 unspecified atom stereocenters. The Hall–Kier alpha value is -0.600. The Morgan fingerprint density at radius 2 is 2.38 bits per heavy atom. The average Bonchev–Trinajstić information content (AvgIpc) is 3.01. The zero-order chi connectivity index (χ0) is 11.0. The lowest BCUT2D eigenvalue weighted by Gasteiger charge is -2.26. The minimum absolute atomic E-state index is 0.655. The Bertz CT molecular complexity index is 368. The van der Waals surface area contributed by atoms with Crippen molar-refractivity contribution in [3.05, 3.63) is 34.5 Å². The van der Waals surface area contributed by atoms with Crippen molar-refractivity contribution in [2.24, 2.45) is 17.8 Å². The lowest BCUT2D eigenvalue weighted by atomic mass is 9.87. The molecule has 4 atom stereocenters. The Morgan fingerprint density at radius 1 is 1.44 bits per heavy atom. The summed E-state index contributed by atoms with van der Waals surface area (Å²) in [6.45, 7) is 3.39. The highest BCUT2D eigenvalue weighted by Crippen LogP contribution is 2.44. The quantitative estimate of drug-likeness (QED) is 0.786. The van der Waals surface area contributed by atoms with Gasteiger partial charge < -0.3 is 5.32 Å². The Balaban J connectivity index is 1.54. The van der Waals surface area contributed by atoms with Crippen LogP contribution in [0.5, 0.6) is 0 Å². The highest BCUT2D eigenvalue weighted by molar-refractivity contribution is 7.09. The summed E-state index contributed by atoms with van der Waals surface area (Å²) in [6, 6.07) is 5.00. The van der Waals surface area contributed by atoms with Crippen LogP contribution < -0.4 is 5.32 Å². The molecule has 2 bridgehead atoms. The van der Waals surface area contributed by atoms with Crippen LogP contribution in [0.1, 0.15) is 24.6 Å². The molecule has 0 amide bonds. The topological polar surface area (TPSA) is 12.0 Å². The zero-order valence-corrected chi connectivity index (χ0v) is 10.5. The lowest BCUT2D eigenvalue weighted by Crippen LogP contribution is -2.34. The predicted molar refractivity (Wildman–Crippen MR) is 69.5 cm³/mol. The van der Waals surface area contributed by atoms with Crippen LogP contribution in [0, 0.1) is 17.8 Å². The zero-order valence-electron chi connectivity index (χ0n) is 9.73. The van der Waals surface area contributed by atoms with Crippen molar-refractivity contribution in [2.75, 3.05) is 0 Å². The summed E-state index contributed by atoms with van der Waals surface area (Å²) < 4.78 is 0. The second-order valence-electron chi connectivity index (χ2n) is 5.19. The summed E-state index contributed by atoms with van der Waals surface area (Å²) in [7, 11) is 0. The van der Waals surface area contributed by atoms with Crippen molar-refractivity contribution in [1.29, 1.82) is 0 Å². The second-order valence-corrected chi connectivity index (χ2v) is 6.23. The number of hydrogen-bond donors (Lipinski definition) is 1. The molecule has 1 aromatic heterocycles. The molecule has 0 radical (unpaired) electrons. The van der Waals surface area contributed by atoms with Gasteiger partial charge in [0.25, 0.3) is 0 Å². The average molecular weight is 233 g/mol. The third-order valence-electron chi connectivity index (χ3n) is 4.15. The molecular formula is C14H19NS. The van der Waals surface area contributed by atoms with E-state index >= 15 is 0 Å². The van der Waals surface area contributed by atoms with Gasteiger partial charge >= 0.3 is 0 Å². The van der Waals surface area contributed by atoms with Gasteiger partial charge in [-0.25, -0.2) is 0 Å². The van der Waals surface area contributed by atoms with E-state index in [9.17, 15) is 0 Å². The third kappa shape index (κ3) is 1.96. The third-order valence-corrected chi connectivity index (χ3v) is 5.03. The van der Waals surface area contributed by atoms with Gasteiger partial charge in [0.15, 0.2) is 0 Å². The van der Waals surface area contributed by atoms with E-state index in [1.165, 1.54) is 17.7 Å². The van der Waals surface area contributed by atoms with Crippen LogP contribution in [-0.4, -0.2) is 6.04 Å². The van der Waals surface area contributed by atoms with Crippen molar-refractivity contribution in [2.45, 2.75) is 32.4 Å². The molecule has 1 N–H and O–H groups in total. The number of rotatable bonds is 4. The van der Waals surface area contributed by atoms with Crippen LogP contribution in [0.15, 0.2) is 29.7 Å². The first kappa shape index (κ1) is 10.5. The molecule has 3 rings (SSSR count). The molecule has 86 valence electrons. The normalized spacial score (nSPS) is 33.4. The maximum absolute atomic E-state index is 3.69. The number of allylic oxidation sites excluding steroid dienone is 2. The summed E-state index contributed by atoms with van der Waals surface area (Å²) in [4.78, 5) is 1.45. The van der Waals surface area contributed by atoms with Gasteiger partial charge in [0.05, 0.1) is 0 Å². The van der Waals surface area contributed by atoms with E-state index in [1.54, 1.807) is 0 Å². The number of hydrogen-bond acceptors (Lipinski definition) is 2. The predicted octanol–water partition coefficient (Wildman–Crippen LogP) is 3.44. The van der Waals surface area contributed by atoms with Crippen molar-refractivity contribution in [1.82, 2.24) is 5.32 Å². The van der Waals surface area contributed by atoms with Crippen molar-refractivity contribution < 1.29 is 0 Å². The fraction of sp³-hybridized carbons (Fsp3) is 0.571. The van der Waals surface area contributed by atoms with Gasteiger partial charge in [-0.15, -0.1) is 11.3 Å². The van der Waals surface area contributed by atoms with E-state index in [0.29, 0.717) is 6.04 Å². The molecule has 16 heavy (non-hydrogen) atoms. The number of nitrogens with one attached hydrogen (secondary N) is 1. The minimum atomic E-state index is 0.655. The molecule has 2 heteroatoms. The number of fused-ring (bicyclic) bond motifs is 2. The fourth-order valence-electron chi connectivity index (χ4n) is 3.22. The highest BCUT2D eigenvalue weighted by atomic mass is 32.1. The Labute approximate surface area is 102 Å². The second kappa shape index (κ2) is 4.34. The maximum atomic E-state index is 3.69. The molecular weight excluding hydrogens is 214 g/mol. The van der Waals surface area contributed by atoms with Crippen LogP contribution >= 0.6 is 11.3 Å². The summed E-state index contributed by atoms with van der Waals surface area (Å²) in [5.41, 5.74) is 0. The molecule has 0 spiro atoms. The van der Waals surface area contributed by atoms with E-state index in [0.717, 1.165) is 24.3 Å². The standard InChI is InChI=1S/C14H19NS/c1-10(15-9-13-3-2-6-16-13)14-8-11-4-5-12(14)7-11/h2-6,10-12,14-15H,7-9H2,1H3. The first-order chi connectivity index (χ1) is 7.83. The van der Waals surface area contributed by atoms with Gasteiger partial charge in [-0.2, -0.15) is 0 Å². The van der Waals surface area contributed by atoms with Gasteiger partial charge in [-0.05, 0) is 49.0 Å². The SMILES string of the molecule is CC(NCc1cccs1)C1CC2C=CC1C2. The summed E-state index contributed by atoms with van der Waals surface area (Å²) >= 11 is 1.85. The largest absolute Gasteiger partial charge is 0.309 e. The van der Waals surface area contributed by atoms with E-state index < -0.39 is 0 Å². The van der Waals surface area contributed by atoms with E-state index in [2.05, 4.69) is 41.9 Å². The van der Waals surface area contributed by atoms with Crippen LogP contribution in [0.2, 0.25) is 0 Å². The summed E-state index contributed by atoms with van der Waals surface area (Å²) in [5.74, 6) is 2.62. The summed E-state index contributed by atoms with van der Waals surface area (Å²) in [6.07, 6.45) is 7.69. The molecule has 0 aromatic carbocycles. The molecule has 1 nitrogen and oxygen atoms in total. The molecule has 0 saturated heterocycles. The van der Waals surface area contributed by atoms with E-state index in [-0.39, 0.29) is 0 Å². The maximum Gasteiger partial charge on any atom is 0.0302 e. The van der Waals surface area contributed by atoms with Crippen LogP contribution in [0.25, 0.3) is 0 Å². The molecule has 1 saturated carbocycles. The van der Waals surface area contributed by atoms with Crippen molar-refractivity contribution in [3.8, 4) is 0 Å². The molecule has 1 heterocycles. The van der Waals surface area contributed by atoms with Crippen molar-refractivity contribution in [3.63, 3.8) is 0 Å². The molecule has 0 aliphatic heterocycles. The van der Waals surface area contributed by atoms with Gasteiger partial charge in [0.2, 0.25) is 0 Å². The smallest absolute Gasteiger partial charge is 0.0302 e. The van der Waals surface area contributed by atoms with E-state index in [1.807, 2.05) is 11.3 Å². The van der Waals surface area contributed by atoms with Gasteiger partial charge in [-0.3, -0.25) is 0 Å². The van der Waals surface area contributed by atoms with Crippen molar-refractivity contribution >= 4 is 11.3 Å². The van der Waals surface area contributed by atoms with E-state index in [4.69, 9.17) is 0 Å². The Morgan fingerprint density at radius 3 is 3.00 bits per heavy atom. The first-order valence-corrected chi connectivity index (χ1v) is 7.15. The van der Waals surface area contributed by atoms with Gasteiger partial charge in [0, 0.05) is 17.5 Å². The first-order valence-electron chi connectivity index (χ1n) is 6.27. The Kier molecular flexibility index (Phi) is 2.86. The van der Waals surface area contributed by atoms with Crippen LogP contribution in [0.3, 0.4) is 0 Å². The van der Waals surface area contributed by atoms with Gasteiger partial charge in [-0.1, -0.05) is 18.2 Å². The molecule has 2 aliphatic rings.